The van der Waals surface area contributed by atoms with Crippen LogP contribution in [0, 0.1) is 6.92 Å². The van der Waals surface area contributed by atoms with Crippen molar-refractivity contribution in [3.63, 3.8) is 0 Å². The first kappa shape index (κ1) is 20.7. The Hall–Kier alpha value is -2.00. The Kier molecular flexibility index (Phi) is 7.01. The molecule has 0 spiro atoms. The van der Waals surface area contributed by atoms with Gasteiger partial charge >= 0.3 is 0 Å². The maximum atomic E-state index is 13.2. The lowest BCUT2D eigenvalue weighted by atomic mass is 10.1. The van der Waals surface area contributed by atoms with E-state index in [1.54, 1.807) is 6.07 Å². The van der Waals surface area contributed by atoms with E-state index in [9.17, 15) is 4.79 Å². The summed E-state index contributed by atoms with van der Waals surface area (Å²) >= 11 is 18.3. The van der Waals surface area contributed by atoms with Gasteiger partial charge in [0.1, 0.15) is 0 Å². The normalized spacial score (nSPS) is 10.7. The largest absolute Gasteiger partial charge is 0.334 e. The Labute approximate surface area is 180 Å². The molecule has 0 radical (unpaired) electrons. The van der Waals surface area contributed by atoms with E-state index < -0.39 is 0 Å². The smallest absolute Gasteiger partial charge is 0.254 e. The predicted octanol–water partition coefficient (Wildman–Crippen LogP) is 6.84. The monoisotopic (exact) mass is 431 g/mol. The zero-order valence-electron chi connectivity index (χ0n) is 15.5. The molecule has 0 aliphatic rings. The molecular weight excluding hydrogens is 413 g/mol. The fraction of sp³-hybridized carbons (Fsp3) is 0.174. The van der Waals surface area contributed by atoms with Crippen molar-refractivity contribution >= 4 is 40.7 Å². The van der Waals surface area contributed by atoms with Gasteiger partial charge in [-0.25, -0.2) is 0 Å². The minimum Gasteiger partial charge on any atom is -0.334 e. The van der Waals surface area contributed by atoms with Crippen LogP contribution in [-0.2, 0) is 13.0 Å². The maximum Gasteiger partial charge on any atom is 0.254 e. The quantitative estimate of drug-likeness (QED) is 0.417. The van der Waals surface area contributed by atoms with Gasteiger partial charge in [0.15, 0.2) is 0 Å². The topological polar surface area (TPSA) is 20.3 Å². The first-order valence-electron chi connectivity index (χ1n) is 8.97. The van der Waals surface area contributed by atoms with E-state index in [0.29, 0.717) is 40.1 Å². The van der Waals surface area contributed by atoms with Crippen LogP contribution in [0.1, 0.15) is 27.0 Å². The van der Waals surface area contributed by atoms with Crippen LogP contribution in [0.4, 0.5) is 0 Å². The molecule has 0 saturated carbocycles. The number of benzene rings is 3. The number of nitrogens with zero attached hydrogens (tertiary/aromatic N) is 1. The van der Waals surface area contributed by atoms with Gasteiger partial charge in [0, 0.05) is 33.7 Å². The van der Waals surface area contributed by atoms with Crippen molar-refractivity contribution in [2.24, 2.45) is 0 Å². The van der Waals surface area contributed by atoms with Crippen LogP contribution in [0.2, 0.25) is 15.1 Å². The Morgan fingerprint density at radius 2 is 1.57 bits per heavy atom. The highest BCUT2D eigenvalue weighted by molar-refractivity contribution is 6.35. The van der Waals surface area contributed by atoms with Crippen LogP contribution in [0.15, 0.2) is 66.7 Å². The lowest BCUT2D eigenvalue weighted by molar-refractivity contribution is 0.0744. The molecule has 3 rings (SSSR count). The number of hydrogen-bond acceptors (Lipinski definition) is 1. The van der Waals surface area contributed by atoms with E-state index >= 15 is 0 Å². The van der Waals surface area contributed by atoms with Crippen molar-refractivity contribution in [2.75, 3.05) is 6.54 Å². The van der Waals surface area contributed by atoms with Gasteiger partial charge in [-0.1, -0.05) is 71.2 Å². The molecule has 0 heterocycles. The van der Waals surface area contributed by atoms with Crippen molar-refractivity contribution in [3.8, 4) is 0 Å². The Balaban J connectivity index is 1.84. The number of carbonyl (C=O) groups is 1. The van der Waals surface area contributed by atoms with E-state index in [0.717, 1.165) is 16.7 Å². The third-order valence-electron chi connectivity index (χ3n) is 4.62. The molecule has 5 heteroatoms. The lowest BCUT2D eigenvalue weighted by Gasteiger charge is -2.24. The zero-order valence-corrected chi connectivity index (χ0v) is 17.7. The van der Waals surface area contributed by atoms with Gasteiger partial charge < -0.3 is 4.90 Å². The summed E-state index contributed by atoms with van der Waals surface area (Å²) < 4.78 is 0. The highest BCUT2D eigenvalue weighted by Crippen LogP contribution is 2.22. The summed E-state index contributed by atoms with van der Waals surface area (Å²) in [7, 11) is 0. The molecular formula is C23H20Cl3NO. The van der Waals surface area contributed by atoms with Crippen molar-refractivity contribution in [1.29, 1.82) is 0 Å². The Bertz CT molecular complexity index is 970. The van der Waals surface area contributed by atoms with E-state index in [4.69, 9.17) is 34.8 Å². The van der Waals surface area contributed by atoms with Gasteiger partial charge in [-0.15, -0.1) is 0 Å². The van der Waals surface area contributed by atoms with Crippen molar-refractivity contribution in [3.05, 3.63) is 104 Å². The third kappa shape index (κ3) is 5.29. The van der Waals surface area contributed by atoms with Gasteiger partial charge in [0.25, 0.3) is 5.91 Å². The molecule has 0 atom stereocenters. The van der Waals surface area contributed by atoms with E-state index in [1.807, 2.05) is 72.5 Å². The highest BCUT2D eigenvalue weighted by Gasteiger charge is 2.18. The molecule has 0 aliphatic carbocycles. The fourth-order valence-corrected chi connectivity index (χ4v) is 3.65. The van der Waals surface area contributed by atoms with Gasteiger partial charge in [0.2, 0.25) is 0 Å². The number of rotatable bonds is 6. The van der Waals surface area contributed by atoms with E-state index in [2.05, 4.69) is 0 Å². The van der Waals surface area contributed by atoms with Gasteiger partial charge in [-0.2, -0.15) is 0 Å². The average Bonchev–Trinajstić information content (AvgIpc) is 2.67. The van der Waals surface area contributed by atoms with Crippen LogP contribution in [-0.4, -0.2) is 17.4 Å². The van der Waals surface area contributed by atoms with Crippen LogP contribution in [0.3, 0.4) is 0 Å². The summed E-state index contributed by atoms with van der Waals surface area (Å²) in [5, 5.41) is 1.89. The van der Waals surface area contributed by atoms with Gasteiger partial charge in [-0.3, -0.25) is 4.79 Å². The second-order valence-corrected chi connectivity index (χ2v) is 7.93. The molecule has 0 fully saturated rings. The molecule has 1 amide bonds. The second-order valence-electron chi connectivity index (χ2n) is 6.65. The minimum absolute atomic E-state index is 0.00173. The molecule has 144 valence electrons. The lowest BCUT2D eigenvalue weighted by Crippen LogP contribution is -2.33. The minimum atomic E-state index is -0.00173. The molecule has 28 heavy (non-hydrogen) atoms. The highest BCUT2D eigenvalue weighted by atomic mass is 35.5. The maximum absolute atomic E-state index is 13.2. The van der Waals surface area contributed by atoms with E-state index in [-0.39, 0.29) is 5.91 Å². The van der Waals surface area contributed by atoms with Crippen LogP contribution in [0.5, 0.6) is 0 Å². The molecule has 3 aromatic rings. The number of amides is 1. The summed E-state index contributed by atoms with van der Waals surface area (Å²) in [6.07, 6.45) is 0.640. The van der Waals surface area contributed by atoms with Crippen LogP contribution < -0.4 is 0 Å². The summed E-state index contributed by atoms with van der Waals surface area (Å²) in [5.74, 6) is -0.00173. The zero-order chi connectivity index (χ0) is 20.1. The van der Waals surface area contributed by atoms with Crippen molar-refractivity contribution in [2.45, 2.75) is 19.9 Å². The van der Waals surface area contributed by atoms with Crippen molar-refractivity contribution < 1.29 is 4.79 Å². The Morgan fingerprint density at radius 1 is 0.893 bits per heavy atom. The van der Waals surface area contributed by atoms with Crippen LogP contribution >= 0.6 is 34.8 Å². The molecule has 0 bridgehead atoms. The summed E-state index contributed by atoms with van der Waals surface area (Å²) in [6, 6.07) is 20.6. The molecule has 2 nitrogen and oxygen atoms in total. The Morgan fingerprint density at radius 3 is 2.25 bits per heavy atom. The SMILES string of the molecule is Cc1ccccc1C(=O)N(CCc1ccc(Cl)cc1Cl)Cc1ccc(Cl)cc1. The summed E-state index contributed by atoms with van der Waals surface area (Å²) in [5.41, 5.74) is 3.65. The molecule has 0 N–H and O–H groups in total. The second kappa shape index (κ2) is 9.47. The van der Waals surface area contributed by atoms with E-state index in [1.165, 1.54) is 0 Å². The first-order valence-corrected chi connectivity index (χ1v) is 10.1. The summed E-state index contributed by atoms with van der Waals surface area (Å²) in [6.45, 7) is 2.98. The van der Waals surface area contributed by atoms with Crippen LogP contribution in [0.25, 0.3) is 0 Å². The fourth-order valence-electron chi connectivity index (χ4n) is 3.03. The molecule has 0 unspecified atom stereocenters. The predicted molar refractivity (Wildman–Crippen MR) is 118 cm³/mol. The molecule has 0 aromatic heterocycles. The van der Waals surface area contributed by atoms with Gasteiger partial charge in [0.05, 0.1) is 0 Å². The molecule has 0 saturated heterocycles. The number of carbonyl (C=O) groups excluding carboxylic acids is 1. The first-order chi connectivity index (χ1) is 13.4. The number of aryl methyl sites for hydroxylation is 1. The third-order valence-corrected chi connectivity index (χ3v) is 5.45. The van der Waals surface area contributed by atoms with Gasteiger partial charge in [-0.05, 0) is 60.4 Å². The number of hydrogen-bond donors (Lipinski definition) is 0. The molecule has 0 aliphatic heterocycles. The average molecular weight is 433 g/mol. The van der Waals surface area contributed by atoms with Crippen molar-refractivity contribution in [1.82, 2.24) is 4.90 Å². The number of halogens is 3. The molecule has 3 aromatic carbocycles. The summed E-state index contributed by atoms with van der Waals surface area (Å²) in [4.78, 5) is 15.1. The standard InChI is InChI=1S/C23H20Cl3NO/c1-16-4-2-3-5-21(16)23(28)27(15-17-6-9-19(24)10-7-17)13-12-18-8-11-20(25)14-22(18)26/h2-11,14H,12-13,15H2,1H3.